The lowest BCUT2D eigenvalue weighted by Gasteiger charge is -2.18. The maximum Gasteiger partial charge on any atom is 0.315 e. The quantitative estimate of drug-likeness (QED) is 0.805. The Kier molecular flexibility index (Phi) is 6.38. The number of aryl methyl sites for hydroxylation is 2. The topological polar surface area (TPSA) is 76.4 Å². The predicted octanol–water partition coefficient (Wildman–Crippen LogP) is 3.13. The first kappa shape index (κ1) is 18.8. The summed E-state index contributed by atoms with van der Waals surface area (Å²) in [6.45, 7) is 7.66. The third kappa shape index (κ3) is 5.48. The van der Waals surface area contributed by atoms with Crippen LogP contribution in [0.5, 0.6) is 5.75 Å². The second kappa shape index (κ2) is 8.50. The average molecular weight is 349 g/mol. The second-order valence-corrected chi connectivity index (χ2v) is 6.12. The maximum absolute atomic E-state index is 13.5. The Labute approximate surface area is 146 Å². The Morgan fingerprint density at radius 1 is 1.32 bits per heavy atom. The van der Waals surface area contributed by atoms with E-state index in [-0.39, 0.29) is 30.5 Å². The molecular weight excluding hydrogens is 325 g/mol. The van der Waals surface area contributed by atoms with Gasteiger partial charge < -0.3 is 19.9 Å². The number of nitrogens with one attached hydrogen (secondary N) is 2. The minimum absolute atomic E-state index is 0.0837. The number of carbonyl (C=O) groups excluding carboxylic acids is 1. The van der Waals surface area contributed by atoms with E-state index in [2.05, 4.69) is 15.8 Å². The van der Waals surface area contributed by atoms with Crippen molar-refractivity contribution in [3.63, 3.8) is 0 Å². The van der Waals surface area contributed by atoms with Gasteiger partial charge in [-0.3, -0.25) is 0 Å². The van der Waals surface area contributed by atoms with E-state index in [0.717, 1.165) is 17.0 Å². The number of nitrogens with zero attached hydrogens (tertiary/aromatic N) is 1. The fourth-order valence-electron chi connectivity index (χ4n) is 2.46. The molecule has 0 aliphatic carbocycles. The third-order valence-corrected chi connectivity index (χ3v) is 3.78. The molecule has 2 aromatic rings. The Morgan fingerprint density at radius 3 is 2.68 bits per heavy atom. The van der Waals surface area contributed by atoms with Crippen LogP contribution in [0.2, 0.25) is 0 Å². The molecule has 1 aromatic carbocycles. The number of para-hydroxylation sites is 1. The Hall–Kier alpha value is -2.57. The van der Waals surface area contributed by atoms with Gasteiger partial charge >= 0.3 is 6.03 Å². The van der Waals surface area contributed by atoms with Crippen molar-refractivity contribution in [3.05, 3.63) is 47.1 Å². The molecule has 0 bridgehead atoms. The van der Waals surface area contributed by atoms with Crippen molar-refractivity contribution >= 4 is 6.03 Å². The molecule has 2 atom stereocenters. The molecule has 7 heteroatoms. The van der Waals surface area contributed by atoms with Crippen LogP contribution in [0, 0.1) is 19.7 Å². The van der Waals surface area contributed by atoms with Crippen LogP contribution < -0.4 is 15.4 Å². The standard InChI is InChI=1S/C18H24FN3O3/c1-11(9-15-13(3)22-25-14(15)4)21-18(23)20-10-12(2)24-17-8-6-5-7-16(17)19/h5-8,11-12H,9-10H2,1-4H3,(H2,20,21,23)/t11-,12+/m1/s1. The number of urea groups is 1. The molecule has 1 heterocycles. The molecular formula is C18H24FN3O3. The van der Waals surface area contributed by atoms with Crippen LogP contribution in [0.3, 0.4) is 0 Å². The van der Waals surface area contributed by atoms with Crippen LogP contribution in [0.1, 0.15) is 30.9 Å². The molecule has 2 amide bonds. The number of benzene rings is 1. The van der Waals surface area contributed by atoms with Gasteiger partial charge in [0, 0.05) is 11.6 Å². The number of aromatic nitrogens is 1. The summed E-state index contributed by atoms with van der Waals surface area (Å²) in [4.78, 5) is 12.0. The molecule has 136 valence electrons. The summed E-state index contributed by atoms with van der Waals surface area (Å²) in [6, 6.07) is 5.79. The van der Waals surface area contributed by atoms with Crippen LogP contribution in [0.15, 0.2) is 28.8 Å². The fourth-order valence-corrected chi connectivity index (χ4v) is 2.46. The number of hydrogen-bond acceptors (Lipinski definition) is 4. The van der Waals surface area contributed by atoms with Crippen LogP contribution in [-0.2, 0) is 6.42 Å². The Bertz CT molecular complexity index is 698. The molecule has 0 fully saturated rings. The van der Waals surface area contributed by atoms with E-state index in [9.17, 15) is 9.18 Å². The van der Waals surface area contributed by atoms with E-state index < -0.39 is 5.82 Å². The van der Waals surface area contributed by atoms with Gasteiger partial charge in [0.2, 0.25) is 0 Å². The van der Waals surface area contributed by atoms with Crippen molar-refractivity contribution < 1.29 is 18.4 Å². The van der Waals surface area contributed by atoms with Crippen LogP contribution in [-0.4, -0.2) is 29.9 Å². The van der Waals surface area contributed by atoms with Gasteiger partial charge in [-0.2, -0.15) is 0 Å². The Morgan fingerprint density at radius 2 is 2.04 bits per heavy atom. The van der Waals surface area contributed by atoms with Gasteiger partial charge in [0.05, 0.1) is 12.2 Å². The normalized spacial score (nSPS) is 13.2. The van der Waals surface area contributed by atoms with Crippen LogP contribution in [0.4, 0.5) is 9.18 Å². The van der Waals surface area contributed by atoms with E-state index in [0.29, 0.717) is 6.42 Å². The summed E-state index contributed by atoms with van der Waals surface area (Å²) >= 11 is 0. The summed E-state index contributed by atoms with van der Waals surface area (Å²) in [5, 5.41) is 9.48. The van der Waals surface area contributed by atoms with Crippen molar-refractivity contribution in [2.75, 3.05) is 6.54 Å². The van der Waals surface area contributed by atoms with E-state index in [1.807, 2.05) is 20.8 Å². The minimum Gasteiger partial charge on any atom is -0.486 e. The second-order valence-electron chi connectivity index (χ2n) is 6.12. The zero-order valence-corrected chi connectivity index (χ0v) is 14.9. The Balaban J connectivity index is 1.75. The maximum atomic E-state index is 13.5. The zero-order chi connectivity index (χ0) is 18.4. The highest BCUT2D eigenvalue weighted by molar-refractivity contribution is 5.74. The molecule has 25 heavy (non-hydrogen) atoms. The first-order valence-corrected chi connectivity index (χ1v) is 8.24. The van der Waals surface area contributed by atoms with E-state index in [1.54, 1.807) is 25.1 Å². The first-order chi connectivity index (χ1) is 11.9. The van der Waals surface area contributed by atoms with Crippen molar-refractivity contribution in [2.24, 2.45) is 0 Å². The highest BCUT2D eigenvalue weighted by Crippen LogP contribution is 2.17. The summed E-state index contributed by atoms with van der Waals surface area (Å²) < 4.78 is 24.1. The van der Waals surface area contributed by atoms with Crippen molar-refractivity contribution in [2.45, 2.75) is 46.3 Å². The first-order valence-electron chi connectivity index (χ1n) is 8.24. The van der Waals surface area contributed by atoms with Crippen LogP contribution in [0.25, 0.3) is 0 Å². The predicted molar refractivity (Wildman–Crippen MR) is 92.2 cm³/mol. The number of ether oxygens (including phenoxy) is 1. The molecule has 2 N–H and O–H groups in total. The van der Waals surface area contributed by atoms with Gasteiger partial charge in [0.1, 0.15) is 11.9 Å². The van der Waals surface area contributed by atoms with Gasteiger partial charge in [-0.15, -0.1) is 0 Å². The van der Waals surface area contributed by atoms with E-state index in [4.69, 9.17) is 9.26 Å². The molecule has 0 unspecified atom stereocenters. The molecule has 0 saturated carbocycles. The number of carbonyl (C=O) groups is 1. The third-order valence-electron chi connectivity index (χ3n) is 3.78. The molecule has 2 rings (SSSR count). The minimum atomic E-state index is -0.424. The lowest BCUT2D eigenvalue weighted by atomic mass is 10.1. The molecule has 0 spiro atoms. The van der Waals surface area contributed by atoms with Crippen molar-refractivity contribution in [3.8, 4) is 5.75 Å². The highest BCUT2D eigenvalue weighted by Gasteiger charge is 2.15. The van der Waals surface area contributed by atoms with Gasteiger partial charge in [-0.25, -0.2) is 9.18 Å². The van der Waals surface area contributed by atoms with Crippen LogP contribution >= 0.6 is 0 Å². The highest BCUT2D eigenvalue weighted by atomic mass is 19.1. The SMILES string of the molecule is Cc1noc(C)c1C[C@@H](C)NC(=O)NC[C@H](C)Oc1ccccc1F. The zero-order valence-electron chi connectivity index (χ0n) is 14.9. The summed E-state index contributed by atoms with van der Waals surface area (Å²) in [5.41, 5.74) is 1.84. The van der Waals surface area contributed by atoms with Gasteiger partial charge in [-0.1, -0.05) is 17.3 Å². The van der Waals surface area contributed by atoms with Gasteiger partial charge in [-0.05, 0) is 46.2 Å². The van der Waals surface area contributed by atoms with Gasteiger partial charge in [0.15, 0.2) is 11.6 Å². The number of rotatable bonds is 7. The molecule has 6 nitrogen and oxygen atoms in total. The fraction of sp³-hybridized carbons (Fsp3) is 0.444. The molecule has 1 aromatic heterocycles. The van der Waals surface area contributed by atoms with Crippen molar-refractivity contribution in [1.82, 2.24) is 15.8 Å². The van der Waals surface area contributed by atoms with Gasteiger partial charge in [0.25, 0.3) is 0 Å². The van der Waals surface area contributed by atoms with E-state index in [1.165, 1.54) is 6.07 Å². The molecule has 0 radical (unpaired) electrons. The average Bonchev–Trinajstić information content (AvgIpc) is 2.87. The summed E-state index contributed by atoms with van der Waals surface area (Å²) in [7, 11) is 0. The number of hydrogen-bond donors (Lipinski definition) is 2. The van der Waals surface area contributed by atoms with Crippen molar-refractivity contribution in [1.29, 1.82) is 0 Å². The lowest BCUT2D eigenvalue weighted by Crippen LogP contribution is -2.44. The smallest absolute Gasteiger partial charge is 0.315 e. The van der Waals surface area contributed by atoms with E-state index >= 15 is 0 Å². The lowest BCUT2D eigenvalue weighted by molar-refractivity contribution is 0.200. The number of amides is 2. The summed E-state index contributed by atoms with van der Waals surface area (Å²) in [5.74, 6) is 0.509. The molecule has 0 aliphatic heterocycles. The molecule has 0 saturated heterocycles. The largest absolute Gasteiger partial charge is 0.486 e. The molecule has 0 aliphatic rings. The number of halogens is 1. The monoisotopic (exact) mass is 349 g/mol. The summed E-state index contributed by atoms with van der Waals surface area (Å²) in [6.07, 6.45) is 0.274.